The number of aliphatic carboxylic acids is 1. The molecule has 0 saturated carbocycles. The number of carboxylic acid groups (broad SMARTS) is 1. The first-order chi connectivity index (χ1) is 13.9. The monoisotopic (exact) mass is 412 g/mol. The summed E-state index contributed by atoms with van der Waals surface area (Å²) in [5.41, 5.74) is 3.11. The number of carboxylic acids is 1. The molecular formula is C23H25ClN2O3. The minimum absolute atomic E-state index is 0.0571. The van der Waals surface area contributed by atoms with Crippen molar-refractivity contribution >= 4 is 29.6 Å². The predicted octanol–water partition coefficient (Wildman–Crippen LogP) is 3.83. The van der Waals surface area contributed by atoms with Gasteiger partial charge in [-0.2, -0.15) is 0 Å². The number of amides is 1. The highest BCUT2D eigenvalue weighted by atomic mass is 35.5. The highest BCUT2D eigenvalue weighted by molar-refractivity contribution is 6.30. The van der Waals surface area contributed by atoms with Crippen LogP contribution in [-0.4, -0.2) is 59.5 Å². The molecule has 1 heterocycles. The molecule has 1 aliphatic heterocycles. The topological polar surface area (TPSA) is 60.9 Å². The molecule has 1 aliphatic rings. The van der Waals surface area contributed by atoms with Crippen molar-refractivity contribution in [3.05, 3.63) is 75.8 Å². The van der Waals surface area contributed by atoms with E-state index in [0.717, 1.165) is 44.7 Å². The van der Waals surface area contributed by atoms with Crippen LogP contribution in [0, 0.1) is 0 Å². The summed E-state index contributed by atoms with van der Waals surface area (Å²) in [6.07, 6.45) is 2.59. The van der Waals surface area contributed by atoms with Crippen molar-refractivity contribution < 1.29 is 14.7 Å². The molecule has 0 unspecified atom stereocenters. The maximum Gasteiger partial charge on any atom is 0.331 e. The summed E-state index contributed by atoms with van der Waals surface area (Å²) in [5, 5.41) is 9.58. The molecule has 6 heteroatoms. The molecular weight excluding hydrogens is 388 g/mol. The number of nitrogens with zero attached hydrogens (tertiary/aromatic N) is 2. The van der Waals surface area contributed by atoms with E-state index in [1.165, 1.54) is 5.56 Å². The van der Waals surface area contributed by atoms with Crippen LogP contribution in [0.3, 0.4) is 0 Å². The SMILES string of the molecule is C/C(=C\c1ccc(CCN2CCN(C(=O)c3ccc(Cl)cc3)CC2)cc1)C(=O)O. The number of halogens is 1. The van der Waals surface area contributed by atoms with Crippen LogP contribution >= 0.6 is 11.6 Å². The van der Waals surface area contributed by atoms with Crippen LogP contribution in [-0.2, 0) is 11.2 Å². The van der Waals surface area contributed by atoms with E-state index < -0.39 is 5.97 Å². The number of rotatable bonds is 6. The molecule has 0 radical (unpaired) electrons. The lowest BCUT2D eigenvalue weighted by Crippen LogP contribution is -2.49. The molecule has 1 N–H and O–H groups in total. The van der Waals surface area contributed by atoms with Crippen molar-refractivity contribution in [2.45, 2.75) is 13.3 Å². The average Bonchev–Trinajstić information content (AvgIpc) is 2.73. The predicted molar refractivity (Wildman–Crippen MR) is 115 cm³/mol. The van der Waals surface area contributed by atoms with Gasteiger partial charge in [0, 0.05) is 48.9 Å². The second-order valence-electron chi connectivity index (χ2n) is 7.26. The molecule has 0 aromatic heterocycles. The van der Waals surface area contributed by atoms with E-state index in [9.17, 15) is 9.59 Å². The summed E-state index contributed by atoms with van der Waals surface area (Å²) < 4.78 is 0. The molecule has 5 nitrogen and oxygen atoms in total. The van der Waals surface area contributed by atoms with Gasteiger partial charge in [-0.25, -0.2) is 4.79 Å². The third-order valence-electron chi connectivity index (χ3n) is 5.17. The van der Waals surface area contributed by atoms with Crippen LogP contribution in [0.2, 0.25) is 5.02 Å². The van der Waals surface area contributed by atoms with Gasteiger partial charge in [-0.15, -0.1) is 0 Å². The standard InChI is InChI=1S/C23H25ClN2O3/c1-17(23(28)29)16-19-4-2-18(3-5-19)10-11-25-12-14-26(15-13-25)22(27)20-6-8-21(24)9-7-20/h2-9,16H,10-15H2,1H3,(H,28,29)/b17-16+. The van der Waals surface area contributed by atoms with Gasteiger partial charge in [0.05, 0.1) is 0 Å². The number of piperazine rings is 1. The van der Waals surface area contributed by atoms with E-state index in [1.807, 2.05) is 29.2 Å². The molecule has 3 rings (SSSR count). The molecule has 0 spiro atoms. The first kappa shape index (κ1) is 21.1. The van der Waals surface area contributed by atoms with Gasteiger partial charge in [0.1, 0.15) is 0 Å². The lowest BCUT2D eigenvalue weighted by molar-refractivity contribution is -0.132. The Morgan fingerprint density at radius 3 is 2.21 bits per heavy atom. The molecule has 0 aliphatic carbocycles. The van der Waals surface area contributed by atoms with Gasteiger partial charge in [-0.1, -0.05) is 35.9 Å². The van der Waals surface area contributed by atoms with E-state index in [-0.39, 0.29) is 5.91 Å². The third-order valence-corrected chi connectivity index (χ3v) is 5.42. The normalized spacial score (nSPS) is 15.4. The number of carbonyl (C=O) groups is 2. The highest BCUT2D eigenvalue weighted by Crippen LogP contribution is 2.14. The van der Waals surface area contributed by atoms with Crippen molar-refractivity contribution in [2.24, 2.45) is 0 Å². The number of hydrogen-bond acceptors (Lipinski definition) is 3. The van der Waals surface area contributed by atoms with Crippen LogP contribution in [0.5, 0.6) is 0 Å². The van der Waals surface area contributed by atoms with Crippen LogP contribution < -0.4 is 0 Å². The maximum absolute atomic E-state index is 12.6. The van der Waals surface area contributed by atoms with Crippen LogP contribution in [0.15, 0.2) is 54.1 Å². The summed E-state index contributed by atoms with van der Waals surface area (Å²) in [6, 6.07) is 15.0. The summed E-state index contributed by atoms with van der Waals surface area (Å²) >= 11 is 5.89. The van der Waals surface area contributed by atoms with E-state index in [2.05, 4.69) is 4.90 Å². The zero-order valence-corrected chi connectivity index (χ0v) is 17.2. The Balaban J connectivity index is 1.46. The fourth-order valence-corrected chi connectivity index (χ4v) is 3.46. The van der Waals surface area contributed by atoms with Gasteiger partial charge < -0.3 is 10.0 Å². The quantitative estimate of drug-likeness (QED) is 0.732. The van der Waals surface area contributed by atoms with E-state index in [1.54, 1.807) is 37.3 Å². The second kappa shape index (κ2) is 9.72. The molecule has 152 valence electrons. The molecule has 1 saturated heterocycles. The Labute approximate surface area is 176 Å². The minimum Gasteiger partial charge on any atom is -0.478 e. The smallest absolute Gasteiger partial charge is 0.331 e. The fraction of sp³-hybridized carbons (Fsp3) is 0.304. The van der Waals surface area contributed by atoms with Crippen molar-refractivity contribution in [3.63, 3.8) is 0 Å². The van der Waals surface area contributed by atoms with Crippen LogP contribution in [0.1, 0.15) is 28.4 Å². The van der Waals surface area contributed by atoms with Gasteiger partial charge in [-0.3, -0.25) is 9.69 Å². The molecule has 2 aromatic rings. The van der Waals surface area contributed by atoms with Crippen LogP contribution in [0.25, 0.3) is 6.08 Å². The molecule has 1 amide bonds. The van der Waals surface area contributed by atoms with Gasteiger partial charge in [-0.05, 0) is 54.8 Å². The highest BCUT2D eigenvalue weighted by Gasteiger charge is 2.21. The number of hydrogen-bond donors (Lipinski definition) is 1. The summed E-state index contributed by atoms with van der Waals surface area (Å²) in [6.45, 7) is 5.69. The summed E-state index contributed by atoms with van der Waals surface area (Å²) in [4.78, 5) is 27.7. The van der Waals surface area contributed by atoms with E-state index in [0.29, 0.717) is 16.2 Å². The Bertz CT molecular complexity index is 883. The van der Waals surface area contributed by atoms with Crippen molar-refractivity contribution in [1.82, 2.24) is 9.80 Å². The van der Waals surface area contributed by atoms with Gasteiger partial charge in [0.15, 0.2) is 0 Å². The number of carbonyl (C=O) groups excluding carboxylic acids is 1. The second-order valence-corrected chi connectivity index (χ2v) is 7.70. The lowest BCUT2D eigenvalue weighted by atomic mass is 10.1. The fourth-order valence-electron chi connectivity index (χ4n) is 3.33. The lowest BCUT2D eigenvalue weighted by Gasteiger charge is -2.34. The summed E-state index contributed by atoms with van der Waals surface area (Å²) in [7, 11) is 0. The molecule has 29 heavy (non-hydrogen) atoms. The third kappa shape index (κ3) is 5.92. The zero-order valence-electron chi connectivity index (χ0n) is 16.5. The first-order valence-electron chi connectivity index (χ1n) is 9.70. The Hall–Kier alpha value is -2.63. The molecule has 0 atom stereocenters. The Morgan fingerprint density at radius 2 is 1.62 bits per heavy atom. The molecule has 2 aromatic carbocycles. The van der Waals surface area contributed by atoms with Gasteiger partial charge >= 0.3 is 5.97 Å². The average molecular weight is 413 g/mol. The van der Waals surface area contributed by atoms with E-state index in [4.69, 9.17) is 16.7 Å². The van der Waals surface area contributed by atoms with Crippen LogP contribution in [0.4, 0.5) is 0 Å². The van der Waals surface area contributed by atoms with E-state index >= 15 is 0 Å². The molecule has 1 fully saturated rings. The number of benzene rings is 2. The minimum atomic E-state index is -0.900. The largest absolute Gasteiger partial charge is 0.478 e. The van der Waals surface area contributed by atoms with Crippen molar-refractivity contribution in [1.29, 1.82) is 0 Å². The van der Waals surface area contributed by atoms with Gasteiger partial charge in [0.2, 0.25) is 0 Å². The molecule has 0 bridgehead atoms. The zero-order chi connectivity index (χ0) is 20.8. The summed E-state index contributed by atoms with van der Waals surface area (Å²) in [5.74, 6) is -0.843. The Kier molecular flexibility index (Phi) is 7.07. The maximum atomic E-state index is 12.6. The first-order valence-corrected chi connectivity index (χ1v) is 10.1. The van der Waals surface area contributed by atoms with Crippen molar-refractivity contribution in [3.8, 4) is 0 Å². The Morgan fingerprint density at radius 1 is 1.00 bits per heavy atom. The van der Waals surface area contributed by atoms with Gasteiger partial charge in [0.25, 0.3) is 5.91 Å². The van der Waals surface area contributed by atoms with Crippen molar-refractivity contribution in [2.75, 3.05) is 32.7 Å².